The van der Waals surface area contributed by atoms with Crippen molar-refractivity contribution in [3.63, 3.8) is 0 Å². The Hall–Kier alpha value is -5.60. The molecular formula is C41H32N2. The van der Waals surface area contributed by atoms with Crippen molar-refractivity contribution < 1.29 is 0 Å². The Bertz CT molecular complexity index is 2030. The van der Waals surface area contributed by atoms with E-state index in [-0.39, 0.29) is 0 Å². The average Bonchev–Trinajstić information content (AvgIpc) is 3.41. The fraction of sp³-hybridized carbons (Fsp3) is 0.0244. The summed E-state index contributed by atoms with van der Waals surface area (Å²) in [5.41, 5.74) is 11.5. The number of anilines is 3. The summed E-state index contributed by atoms with van der Waals surface area (Å²) < 4.78 is 2.36. The summed E-state index contributed by atoms with van der Waals surface area (Å²) in [4.78, 5) is 2.29. The molecule has 1 aromatic heterocycles. The van der Waals surface area contributed by atoms with Crippen LogP contribution in [0.2, 0.25) is 0 Å². The van der Waals surface area contributed by atoms with Gasteiger partial charge in [-0.05, 0) is 89.8 Å². The highest BCUT2D eigenvalue weighted by molar-refractivity contribution is 6.09. The Labute approximate surface area is 253 Å². The molecule has 0 radical (unpaired) electrons. The summed E-state index contributed by atoms with van der Waals surface area (Å²) in [5.74, 6) is 0. The molecule has 1 heterocycles. The number of rotatable bonds is 7. The highest BCUT2D eigenvalue weighted by Crippen LogP contribution is 2.37. The molecule has 43 heavy (non-hydrogen) atoms. The summed E-state index contributed by atoms with van der Waals surface area (Å²) in [6.45, 7) is 6.10. The molecule has 0 unspecified atom stereocenters. The van der Waals surface area contributed by atoms with E-state index in [1.54, 1.807) is 0 Å². The number of aromatic nitrogens is 1. The monoisotopic (exact) mass is 552 g/mol. The van der Waals surface area contributed by atoms with Crippen molar-refractivity contribution in [1.82, 2.24) is 4.57 Å². The second-order valence-electron chi connectivity index (χ2n) is 10.7. The maximum Gasteiger partial charge on any atom is 0.0541 e. The second-order valence-corrected chi connectivity index (χ2v) is 10.7. The number of benzene rings is 6. The maximum absolute atomic E-state index is 4.06. The first-order chi connectivity index (χ1) is 21.2. The number of allylic oxidation sites excluding steroid dienone is 1. The molecule has 0 bridgehead atoms. The Morgan fingerprint density at radius 3 is 1.67 bits per heavy atom. The molecule has 0 aliphatic heterocycles. The topological polar surface area (TPSA) is 8.17 Å². The van der Waals surface area contributed by atoms with Gasteiger partial charge in [0, 0.05) is 33.5 Å². The first kappa shape index (κ1) is 26.3. The molecule has 2 heteroatoms. The lowest BCUT2D eigenvalue weighted by molar-refractivity contribution is 1.18. The number of hydrogen-bond donors (Lipinski definition) is 0. The van der Waals surface area contributed by atoms with E-state index in [9.17, 15) is 0 Å². The summed E-state index contributed by atoms with van der Waals surface area (Å²) in [7, 11) is 0. The molecule has 0 N–H and O–H groups in total. The molecule has 6 aromatic carbocycles. The average molecular weight is 553 g/mol. The Morgan fingerprint density at radius 1 is 0.535 bits per heavy atom. The fourth-order valence-electron chi connectivity index (χ4n) is 6.04. The van der Waals surface area contributed by atoms with Crippen LogP contribution in [0.15, 0.2) is 158 Å². The largest absolute Gasteiger partial charge is 0.310 e. The van der Waals surface area contributed by atoms with Gasteiger partial charge in [0.25, 0.3) is 0 Å². The Morgan fingerprint density at radius 2 is 1.07 bits per heavy atom. The minimum atomic E-state index is 1.10. The zero-order valence-electron chi connectivity index (χ0n) is 24.2. The highest BCUT2D eigenvalue weighted by atomic mass is 15.1. The predicted octanol–water partition coefficient (Wildman–Crippen LogP) is 11.6. The molecule has 206 valence electrons. The minimum absolute atomic E-state index is 1.10. The Balaban J connectivity index is 1.24. The molecule has 0 saturated carbocycles. The normalized spacial score (nSPS) is 11.4. The third-order valence-electron chi connectivity index (χ3n) is 8.07. The van der Waals surface area contributed by atoms with Crippen LogP contribution in [0.3, 0.4) is 0 Å². The van der Waals surface area contributed by atoms with Crippen molar-refractivity contribution in [3.05, 3.63) is 169 Å². The maximum atomic E-state index is 4.06. The zero-order chi connectivity index (χ0) is 29.2. The first-order valence-corrected chi connectivity index (χ1v) is 14.7. The third kappa shape index (κ3) is 4.83. The summed E-state index contributed by atoms with van der Waals surface area (Å²) in [6.07, 6.45) is 6.11. The van der Waals surface area contributed by atoms with Gasteiger partial charge in [-0.3, -0.25) is 0 Å². The molecule has 0 amide bonds. The van der Waals surface area contributed by atoms with Gasteiger partial charge >= 0.3 is 0 Å². The highest BCUT2D eigenvalue weighted by Gasteiger charge is 2.15. The van der Waals surface area contributed by atoms with Gasteiger partial charge in [-0.25, -0.2) is 0 Å². The van der Waals surface area contributed by atoms with Crippen LogP contribution in [0.25, 0.3) is 50.8 Å². The van der Waals surface area contributed by atoms with Crippen molar-refractivity contribution >= 4 is 51.0 Å². The van der Waals surface area contributed by atoms with E-state index in [4.69, 9.17) is 0 Å². The number of para-hydroxylation sites is 3. The van der Waals surface area contributed by atoms with Crippen LogP contribution in [-0.4, -0.2) is 4.57 Å². The van der Waals surface area contributed by atoms with Crippen LogP contribution >= 0.6 is 0 Å². The minimum Gasteiger partial charge on any atom is -0.310 e. The van der Waals surface area contributed by atoms with E-state index in [1.165, 1.54) is 32.9 Å². The van der Waals surface area contributed by atoms with E-state index in [1.807, 2.05) is 13.0 Å². The first-order valence-electron chi connectivity index (χ1n) is 14.7. The van der Waals surface area contributed by atoms with Gasteiger partial charge in [0.2, 0.25) is 0 Å². The number of fused-ring (bicyclic) bond motifs is 3. The van der Waals surface area contributed by atoms with Gasteiger partial charge in [0.05, 0.1) is 11.0 Å². The quantitative estimate of drug-likeness (QED) is 0.191. The second kappa shape index (κ2) is 11.3. The van der Waals surface area contributed by atoms with Gasteiger partial charge in [0.1, 0.15) is 0 Å². The molecule has 7 rings (SSSR count). The summed E-state index contributed by atoms with van der Waals surface area (Å²) in [6, 6.07) is 52.0. The van der Waals surface area contributed by atoms with E-state index in [0.29, 0.717) is 0 Å². The van der Waals surface area contributed by atoms with Gasteiger partial charge < -0.3 is 9.47 Å². The molecule has 0 spiro atoms. The van der Waals surface area contributed by atoms with Crippen molar-refractivity contribution in [2.45, 2.75) is 6.92 Å². The molecule has 0 aliphatic carbocycles. The lowest BCUT2D eigenvalue weighted by Crippen LogP contribution is -2.10. The smallest absolute Gasteiger partial charge is 0.0541 e. The zero-order valence-corrected chi connectivity index (χ0v) is 24.2. The summed E-state index contributed by atoms with van der Waals surface area (Å²) in [5, 5.41) is 2.55. The van der Waals surface area contributed by atoms with E-state index < -0.39 is 0 Å². The predicted molar refractivity (Wildman–Crippen MR) is 186 cm³/mol. The number of hydrogen-bond acceptors (Lipinski definition) is 1. The van der Waals surface area contributed by atoms with Gasteiger partial charge in [-0.2, -0.15) is 0 Å². The van der Waals surface area contributed by atoms with Crippen LogP contribution in [-0.2, 0) is 0 Å². The van der Waals surface area contributed by atoms with Crippen LogP contribution in [0.1, 0.15) is 18.1 Å². The van der Waals surface area contributed by atoms with Crippen molar-refractivity contribution in [3.8, 4) is 16.8 Å². The van der Waals surface area contributed by atoms with Crippen LogP contribution in [0.5, 0.6) is 0 Å². The molecule has 0 saturated heterocycles. The van der Waals surface area contributed by atoms with E-state index in [2.05, 4.69) is 174 Å². The van der Waals surface area contributed by atoms with Gasteiger partial charge in [0.15, 0.2) is 0 Å². The molecule has 0 atom stereocenters. The molecular weight excluding hydrogens is 520 g/mol. The van der Waals surface area contributed by atoms with Crippen LogP contribution in [0.4, 0.5) is 17.1 Å². The number of nitrogens with zero attached hydrogens (tertiary/aromatic N) is 2. The SMILES string of the molecule is C=Cc1cc(N(c2ccccc2)c2ccc(-c3ccc(-n4c5ccccc5c5ccccc54)cc3)cc2)ccc1/C=C\C. The van der Waals surface area contributed by atoms with E-state index >= 15 is 0 Å². The lowest BCUT2D eigenvalue weighted by Gasteiger charge is -2.26. The van der Waals surface area contributed by atoms with Crippen molar-refractivity contribution in [2.75, 3.05) is 4.90 Å². The van der Waals surface area contributed by atoms with E-state index in [0.717, 1.165) is 33.9 Å². The lowest BCUT2D eigenvalue weighted by atomic mass is 10.0. The molecule has 0 aliphatic rings. The Kier molecular flexibility index (Phi) is 6.94. The van der Waals surface area contributed by atoms with Crippen LogP contribution in [0, 0.1) is 0 Å². The van der Waals surface area contributed by atoms with Crippen molar-refractivity contribution in [2.24, 2.45) is 0 Å². The molecule has 2 nitrogen and oxygen atoms in total. The fourth-order valence-corrected chi connectivity index (χ4v) is 6.04. The molecule has 7 aromatic rings. The molecule has 0 fully saturated rings. The van der Waals surface area contributed by atoms with Gasteiger partial charge in [-0.1, -0.05) is 110 Å². The van der Waals surface area contributed by atoms with Gasteiger partial charge in [-0.15, -0.1) is 0 Å². The summed E-state index contributed by atoms with van der Waals surface area (Å²) >= 11 is 0. The van der Waals surface area contributed by atoms with Crippen molar-refractivity contribution in [1.29, 1.82) is 0 Å². The van der Waals surface area contributed by atoms with Crippen LogP contribution < -0.4 is 4.90 Å². The standard InChI is InChI=1S/C41H32N2/c1-3-12-31-23-28-37(29-30(31)4-2)42(34-13-6-5-7-14-34)35-24-19-32(20-25-35)33-21-26-36(27-22-33)43-40-17-10-8-15-38(40)39-16-9-11-18-41(39)43/h3-29H,2H2,1H3/b12-3-. The third-order valence-corrected chi connectivity index (χ3v) is 8.07.